The Morgan fingerprint density at radius 1 is 1.09 bits per heavy atom. The van der Waals surface area contributed by atoms with Gasteiger partial charge in [-0.1, -0.05) is 19.3 Å². The second kappa shape index (κ2) is 7.28. The van der Waals surface area contributed by atoms with Gasteiger partial charge in [0.1, 0.15) is 5.78 Å². The highest BCUT2D eigenvalue weighted by Crippen LogP contribution is 2.36. The molecule has 1 aromatic rings. The first-order valence-corrected chi connectivity index (χ1v) is 7.55. The van der Waals surface area contributed by atoms with Crippen LogP contribution in [-0.4, -0.2) is 20.7 Å². The summed E-state index contributed by atoms with van der Waals surface area (Å²) >= 11 is 0. The summed E-state index contributed by atoms with van der Waals surface area (Å²) in [5.41, 5.74) is -0.988. The molecule has 0 aromatic heterocycles. The molecule has 2 atom stereocenters. The van der Waals surface area contributed by atoms with Crippen LogP contribution in [0.1, 0.15) is 50.2 Å². The van der Waals surface area contributed by atoms with E-state index in [1.807, 2.05) is 0 Å². The summed E-state index contributed by atoms with van der Waals surface area (Å²) in [6, 6.07) is 3.11. The van der Waals surface area contributed by atoms with E-state index in [1.165, 1.54) is 6.07 Å². The van der Waals surface area contributed by atoms with Crippen molar-refractivity contribution in [3.63, 3.8) is 0 Å². The lowest BCUT2D eigenvalue weighted by atomic mass is 9.83. The summed E-state index contributed by atoms with van der Waals surface area (Å²) in [6.45, 7) is 0. The zero-order valence-corrected chi connectivity index (χ0v) is 12.5. The molecule has 0 saturated heterocycles. The Morgan fingerprint density at radius 2 is 1.78 bits per heavy atom. The Kier molecular flexibility index (Phi) is 5.38. The molecule has 0 spiro atoms. The van der Waals surface area contributed by atoms with Crippen LogP contribution in [0.4, 0.5) is 11.4 Å². The number of nitro benzene ring substituents is 2. The number of nitro groups is 2. The Morgan fingerprint density at radius 3 is 2.43 bits per heavy atom. The topological polar surface area (TPSA) is 124 Å². The number of hydrogen-bond donors (Lipinski definition) is 1. The average Bonchev–Trinajstić information content (AvgIpc) is 2.50. The number of nitrogens with zero attached hydrogens (tertiary/aromatic N) is 2. The smallest absolute Gasteiger partial charge is 0.282 e. The number of ketones is 1. The van der Waals surface area contributed by atoms with Gasteiger partial charge in [0, 0.05) is 18.4 Å². The predicted octanol–water partition coefficient (Wildman–Crippen LogP) is 3.08. The number of aliphatic hydroxyl groups is 1. The van der Waals surface area contributed by atoms with Crippen LogP contribution in [-0.2, 0) is 4.79 Å². The molecule has 1 aromatic carbocycles. The molecule has 0 unspecified atom stereocenters. The number of hydrogen-bond acceptors (Lipinski definition) is 6. The van der Waals surface area contributed by atoms with Gasteiger partial charge in [0.05, 0.1) is 27.6 Å². The molecule has 0 radical (unpaired) electrons. The van der Waals surface area contributed by atoms with Crippen LogP contribution >= 0.6 is 0 Å². The summed E-state index contributed by atoms with van der Waals surface area (Å²) in [7, 11) is 0. The van der Waals surface area contributed by atoms with E-state index in [1.54, 1.807) is 0 Å². The Hall–Kier alpha value is -2.35. The molecule has 0 aliphatic heterocycles. The molecule has 0 bridgehead atoms. The highest BCUT2D eigenvalue weighted by molar-refractivity contribution is 5.82. The fraction of sp³-hybridized carbons (Fsp3) is 0.533. The molecule has 1 aliphatic rings. The van der Waals surface area contributed by atoms with Crippen molar-refractivity contribution in [2.45, 2.75) is 44.6 Å². The molecular formula is C15H18N2O6. The maximum Gasteiger partial charge on any atom is 0.282 e. The van der Waals surface area contributed by atoms with Gasteiger partial charge >= 0.3 is 0 Å². The number of aliphatic hydroxyl groups excluding tert-OH is 1. The van der Waals surface area contributed by atoms with Crippen LogP contribution in [0, 0.1) is 26.1 Å². The Balaban J connectivity index is 2.36. The van der Waals surface area contributed by atoms with Crippen LogP contribution in [0.5, 0.6) is 0 Å². The normalized spacial score (nSPS) is 20.4. The standard InChI is InChI=1S/C15H18N2O6/c18-14-6-4-2-1-3-5-12(14)15(19)11-8-7-10(16(20)21)9-13(11)17(22)23/h7-9,12,15,19H,1-6H2/t12-,15-/m0/s1. The van der Waals surface area contributed by atoms with E-state index in [0.717, 1.165) is 37.8 Å². The van der Waals surface area contributed by atoms with Crippen molar-refractivity contribution in [2.75, 3.05) is 0 Å². The quantitative estimate of drug-likeness (QED) is 0.671. The maximum atomic E-state index is 12.2. The lowest BCUT2D eigenvalue weighted by molar-refractivity contribution is -0.395. The number of Topliss-reactive ketones (excluding diaryl/α,β-unsaturated/α-hetero) is 1. The Labute approximate surface area is 132 Å². The van der Waals surface area contributed by atoms with Crippen molar-refractivity contribution in [1.29, 1.82) is 0 Å². The zero-order valence-electron chi connectivity index (χ0n) is 12.5. The number of benzene rings is 1. The molecule has 0 amide bonds. The summed E-state index contributed by atoms with van der Waals surface area (Å²) in [4.78, 5) is 32.6. The first-order chi connectivity index (χ1) is 10.9. The van der Waals surface area contributed by atoms with Gasteiger partial charge in [-0.05, 0) is 18.9 Å². The van der Waals surface area contributed by atoms with Gasteiger partial charge < -0.3 is 5.11 Å². The van der Waals surface area contributed by atoms with Gasteiger partial charge in [0.25, 0.3) is 11.4 Å². The van der Waals surface area contributed by atoms with Gasteiger partial charge in [0.15, 0.2) is 0 Å². The largest absolute Gasteiger partial charge is 0.387 e. The first-order valence-electron chi connectivity index (χ1n) is 7.55. The minimum atomic E-state index is -1.32. The molecule has 1 aliphatic carbocycles. The minimum absolute atomic E-state index is 0.0421. The minimum Gasteiger partial charge on any atom is -0.387 e. The van der Waals surface area contributed by atoms with E-state index in [2.05, 4.69) is 0 Å². The highest BCUT2D eigenvalue weighted by atomic mass is 16.6. The molecule has 1 saturated carbocycles. The van der Waals surface area contributed by atoms with Crippen molar-refractivity contribution in [2.24, 2.45) is 5.92 Å². The SMILES string of the molecule is O=C1CCCCCC[C@@H]1[C@@H](O)c1ccc([N+](=O)[O-])cc1[N+](=O)[O-]. The second-order valence-corrected chi connectivity index (χ2v) is 5.73. The second-order valence-electron chi connectivity index (χ2n) is 5.73. The predicted molar refractivity (Wildman–Crippen MR) is 80.9 cm³/mol. The number of carbonyl (C=O) groups is 1. The van der Waals surface area contributed by atoms with E-state index < -0.39 is 33.2 Å². The number of non-ortho nitro benzene ring substituents is 1. The summed E-state index contributed by atoms with van der Waals surface area (Å²) < 4.78 is 0. The van der Waals surface area contributed by atoms with Crippen molar-refractivity contribution >= 4 is 17.2 Å². The van der Waals surface area contributed by atoms with Gasteiger partial charge in [-0.3, -0.25) is 25.0 Å². The van der Waals surface area contributed by atoms with E-state index in [4.69, 9.17) is 0 Å². The zero-order chi connectivity index (χ0) is 17.0. The number of carbonyl (C=O) groups excluding carboxylic acids is 1. The highest BCUT2D eigenvalue weighted by Gasteiger charge is 2.33. The van der Waals surface area contributed by atoms with Gasteiger partial charge in [-0.2, -0.15) is 0 Å². The van der Waals surface area contributed by atoms with Gasteiger partial charge in [0.2, 0.25) is 0 Å². The van der Waals surface area contributed by atoms with Crippen LogP contribution in [0.25, 0.3) is 0 Å². The molecule has 8 nitrogen and oxygen atoms in total. The molecular weight excluding hydrogens is 304 g/mol. The van der Waals surface area contributed by atoms with Crippen molar-refractivity contribution < 1.29 is 19.7 Å². The molecule has 1 fully saturated rings. The van der Waals surface area contributed by atoms with E-state index >= 15 is 0 Å². The molecule has 8 heteroatoms. The van der Waals surface area contributed by atoms with E-state index in [0.29, 0.717) is 12.8 Å². The first kappa shape index (κ1) is 17.0. The third-order valence-corrected chi connectivity index (χ3v) is 4.22. The average molecular weight is 322 g/mol. The third-order valence-electron chi connectivity index (χ3n) is 4.22. The van der Waals surface area contributed by atoms with Crippen molar-refractivity contribution in [1.82, 2.24) is 0 Å². The molecule has 1 N–H and O–H groups in total. The summed E-state index contributed by atoms with van der Waals surface area (Å²) in [5, 5.41) is 32.4. The van der Waals surface area contributed by atoms with E-state index in [9.17, 15) is 30.1 Å². The van der Waals surface area contributed by atoms with Crippen molar-refractivity contribution in [3.8, 4) is 0 Å². The van der Waals surface area contributed by atoms with Gasteiger partial charge in [-0.25, -0.2) is 0 Å². The summed E-state index contributed by atoms with van der Waals surface area (Å²) in [5.74, 6) is -0.805. The molecule has 0 heterocycles. The fourth-order valence-electron chi connectivity index (χ4n) is 2.97. The molecule has 124 valence electrons. The van der Waals surface area contributed by atoms with Crippen molar-refractivity contribution in [3.05, 3.63) is 44.0 Å². The van der Waals surface area contributed by atoms with Crippen LogP contribution in [0.15, 0.2) is 18.2 Å². The maximum absolute atomic E-state index is 12.2. The molecule has 2 rings (SSSR count). The molecule has 23 heavy (non-hydrogen) atoms. The van der Waals surface area contributed by atoms with Crippen LogP contribution in [0.2, 0.25) is 0 Å². The van der Waals surface area contributed by atoms with E-state index in [-0.39, 0.29) is 11.3 Å². The van der Waals surface area contributed by atoms with Crippen LogP contribution < -0.4 is 0 Å². The lowest BCUT2D eigenvalue weighted by Crippen LogP contribution is -2.24. The monoisotopic (exact) mass is 322 g/mol. The fourth-order valence-corrected chi connectivity index (χ4v) is 2.97. The lowest BCUT2D eigenvalue weighted by Gasteiger charge is -2.23. The Bertz CT molecular complexity index is 630. The summed E-state index contributed by atoms with van der Waals surface area (Å²) in [6.07, 6.45) is 2.95. The third kappa shape index (κ3) is 3.89. The van der Waals surface area contributed by atoms with Crippen LogP contribution in [0.3, 0.4) is 0 Å². The number of rotatable bonds is 4. The van der Waals surface area contributed by atoms with Gasteiger partial charge in [-0.15, -0.1) is 0 Å².